The summed E-state index contributed by atoms with van der Waals surface area (Å²) in [7, 11) is 0. The molecular weight excluding hydrogens is 316 g/mol. The highest BCUT2D eigenvalue weighted by atomic mass is 16.3. The number of anilines is 2. The summed E-state index contributed by atoms with van der Waals surface area (Å²) in [5, 5.41) is 12.7. The summed E-state index contributed by atoms with van der Waals surface area (Å²) in [6, 6.07) is 7.81. The van der Waals surface area contributed by atoms with Crippen molar-refractivity contribution in [3.05, 3.63) is 24.3 Å². The van der Waals surface area contributed by atoms with Gasteiger partial charge in [-0.3, -0.25) is 0 Å². The minimum Gasteiger partial charge on any atom is -0.392 e. The van der Waals surface area contributed by atoms with Crippen LogP contribution in [0.1, 0.15) is 27.7 Å². The standard InChI is InChI=1S/C19H32N4O2/c1-5-21-10-12-22(13-11-21)18-9-7-6-8-17(18)20-19(25)23(15(2)3)14-16(4)24/h6-9,15-16,24H,5,10-14H2,1-4H3,(H,20,25)/t16-/m0/s1. The lowest BCUT2D eigenvalue weighted by Gasteiger charge is -2.36. The summed E-state index contributed by atoms with van der Waals surface area (Å²) in [5.74, 6) is 0. The summed E-state index contributed by atoms with van der Waals surface area (Å²) in [5.41, 5.74) is 1.89. The maximum absolute atomic E-state index is 12.7. The highest BCUT2D eigenvalue weighted by Crippen LogP contribution is 2.27. The van der Waals surface area contributed by atoms with Crippen molar-refractivity contribution in [3.63, 3.8) is 0 Å². The van der Waals surface area contributed by atoms with E-state index in [1.165, 1.54) is 0 Å². The number of aliphatic hydroxyl groups excluding tert-OH is 1. The van der Waals surface area contributed by atoms with Crippen molar-refractivity contribution in [1.29, 1.82) is 0 Å². The molecular formula is C19H32N4O2. The third-order valence-corrected chi connectivity index (χ3v) is 4.65. The molecule has 25 heavy (non-hydrogen) atoms. The average molecular weight is 348 g/mol. The van der Waals surface area contributed by atoms with Crippen LogP contribution in [0.3, 0.4) is 0 Å². The number of para-hydroxylation sites is 2. The maximum atomic E-state index is 12.7. The molecule has 1 aliphatic heterocycles. The van der Waals surface area contributed by atoms with Gasteiger partial charge >= 0.3 is 6.03 Å². The molecule has 1 fully saturated rings. The van der Waals surface area contributed by atoms with Crippen molar-refractivity contribution in [1.82, 2.24) is 9.80 Å². The Hall–Kier alpha value is -1.79. The van der Waals surface area contributed by atoms with Crippen molar-refractivity contribution in [3.8, 4) is 0 Å². The molecule has 0 unspecified atom stereocenters. The van der Waals surface area contributed by atoms with E-state index in [4.69, 9.17) is 0 Å². The van der Waals surface area contributed by atoms with Crippen LogP contribution in [0.15, 0.2) is 24.3 Å². The molecule has 2 N–H and O–H groups in total. The van der Waals surface area contributed by atoms with Gasteiger partial charge in [0.2, 0.25) is 0 Å². The number of aliphatic hydroxyl groups is 1. The van der Waals surface area contributed by atoms with Gasteiger partial charge in [-0.15, -0.1) is 0 Å². The Morgan fingerprint density at radius 2 is 1.84 bits per heavy atom. The zero-order chi connectivity index (χ0) is 18.4. The number of urea groups is 1. The van der Waals surface area contributed by atoms with Crippen molar-refractivity contribution >= 4 is 17.4 Å². The van der Waals surface area contributed by atoms with E-state index in [9.17, 15) is 9.90 Å². The molecule has 2 amide bonds. The van der Waals surface area contributed by atoms with Gasteiger partial charge in [0.15, 0.2) is 0 Å². The number of piperazine rings is 1. The van der Waals surface area contributed by atoms with E-state index in [0.717, 1.165) is 44.1 Å². The summed E-state index contributed by atoms with van der Waals surface area (Å²) in [6.45, 7) is 13.2. The van der Waals surface area contributed by atoms with Gasteiger partial charge in [-0.25, -0.2) is 4.79 Å². The molecule has 1 heterocycles. The topological polar surface area (TPSA) is 59.0 Å². The van der Waals surface area contributed by atoms with E-state index >= 15 is 0 Å². The zero-order valence-corrected chi connectivity index (χ0v) is 15.9. The van der Waals surface area contributed by atoms with Crippen LogP contribution in [-0.2, 0) is 0 Å². The molecule has 2 rings (SSSR count). The van der Waals surface area contributed by atoms with E-state index in [2.05, 4.69) is 28.1 Å². The SMILES string of the molecule is CCN1CCN(c2ccccc2NC(=O)N(C[C@H](C)O)C(C)C)CC1. The normalized spacial score (nSPS) is 16.8. The van der Waals surface area contributed by atoms with Gasteiger partial charge in [0.1, 0.15) is 0 Å². The first-order valence-corrected chi connectivity index (χ1v) is 9.24. The maximum Gasteiger partial charge on any atom is 0.322 e. The molecule has 0 aromatic heterocycles. The van der Waals surface area contributed by atoms with Crippen molar-refractivity contribution < 1.29 is 9.90 Å². The predicted molar refractivity (Wildman–Crippen MR) is 103 cm³/mol. The predicted octanol–water partition coefficient (Wildman–Crippen LogP) is 2.45. The molecule has 6 heteroatoms. The van der Waals surface area contributed by atoms with Gasteiger partial charge in [-0.05, 0) is 39.4 Å². The van der Waals surface area contributed by atoms with Crippen LogP contribution in [0.25, 0.3) is 0 Å². The highest BCUT2D eigenvalue weighted by molar-refractivity contribution is 5.93. The first-order valence-electron chi connectivity index (χ1n) is 9.24. The average Bonchev–Trinajstić information content (AvgIpc) is 2.60. The quantitative estimate of drug-likeness (QED) is 0.829. The Morgan fingerprint density at radius 1 is 1.20 bits per heavy atom. The van der Waals surface area contributed by atoms with Crippen LogP contribution in [0, 0.1) is 0 Å². The molecule has 1 saturated heterocycles. The highest BCUT2D eigenvalue weighted by Gasteiger charge is 2.22. The van der Waals surface area contributed by atoms with Crippen molar-refractivity contribution in [2.75, 3.05) is 49.5 Å². The Labute approximate surface area is 151 Å². The number of likely N-dealkylation sites (N-methyl/N-ethyl adjacent to an activating group) is 1. The Balaban J connectivity index is 2.11. The lowest BCUT2D eigenvalue weighted by molar-refractivity contribution is 0.125. The van der Waals surface area contributed by atoms with E-state index in [1.54, 1.807) is 11.8 Å². The van der Waals surface area contributed by atoms with Crippen LogP contribution in [-0.4, -0.2) is 72.4 Å². The first kappa shape index (κ1) is 19.5. The number of carbonyl (C=O) groups is 1. The van der Waals surface area contributed by atoms with E-state index in [0.29, 0.717) is 6.54 Å². The molecule has 0 saturated carbocycles. The molecule has 1 aliphatic rings. The smallest absolute Gasteiger partial charge is 0.322 e. The second-order valence-electron chi connectivity index (χ2n) is 6.96. The number of hydrogen-bond donors (Lipinski definition) is 2. The minimum absolute atomic E-state index is 0.0230. The van der Waals surface area contributed by atoms with Crippen molar-refractivity contribution in [2.24, 2.45) is 0 Å². The third-order valence-electron chi connectivity index (χ3n) is 4.65. The summed E-state index contributed by atoms with van der Waals surface area (Å²) in [6.07, 6.45) is -0.550. The molecule has 1 aromatic rings. The molecule has 6 nitrogen and oxygen atoms in total. The fourth-order valence-corrected chi connectivity index (χ4v) is 3.16. The number of rotatable bonds is 6. The first-order chi connectivity index (χ1) is 11.9. The van der Waals surface area contributed by atoms with E-state index in [-0.39, 0.29) is 12.1 Å². The largest absolute Gasteiger partial charge is 0.392 e. The monoisotopic (exact) mass is 348 g/mol. The number of hydrogen-bond acceptors (Lipinski definition) is 4. The molecule has 0 spiro atoms. The number of carbonyl (C=O) groups excluding carboxylic acids is 1. The van der Waals surface area contributed by atoms with Crippen LogP contribution >= 0.6 is 0 Å². The van der Waals surface area contributed by atoms with E-state index < -0.39 is 6.10 Å². The van der Waals surface area contributed by atoms with Gasteiger partial charge in [0.25, 0.3) is 0 Å². The number of benzene rings is 1. The Kier molecular flexibility index (Phi) is 7.08. The third kappa shape index (κ3) is 5.34. The van der Waals surface area contributed by atoms with Gasteiger partial charge < -0.3 is 25.1 Å². The molecule has 0 bridgehead atoms. The lowest BCUT2D eigenvalue weighted by atomic mass is 10.2. The Morgan fingerprint density at radius 3 is 2.40 bits per heavy atom. The summed E-state index contributed by atoms with van der Waals surface area (Å²) in [4.78, 5) is 19.1. The second kappa shape index (κ2) is 9.06. The van der Waals surface area contributed by atoms with Gasteiger partial charge in [-0.1, -0.05) is 19.1 Å². The van der Waals surface area contributed by atoms with Gasteiger partial charge in [-0.2, -0.15) is 0 Å². The fourth-order valence-electron chi connectivity index (χ4n) is 3.16. The Bertz CT molecular complexity index is 554. The lowest BCUT2D eigenvalue weighted by Crippen LogP contribution is -2.47. The molecule has 1 atom stereocenters. The van der Waals surface area contributed by atoms with E-state index in [1.807, 2.05) is 32.0 Å². The molecule has 140 valence electrons. The molecule has 0 aliphatic carbocycles. The fraction of sp³-hybridized carbons (Fsp3) is 0.632. The zero-order valence-electron chi connectivity index (χ0n) is 15.9. The van der Waals surface area contributed by atoms with Crippen LogP contribution in [0.4, 0.5) is 16.2 Å². The van der Waals surface area contributed by atoms with Gasteiger partial charge in [0, 0.05) is 38.8 Å². The molecule has 1 aromatic carbocycles. The van der Waals surface area contributed by atoms with Crippen molar-refractivity contribution in [2.45, 2.75) is 39.8 Å². The van der Waals surface area contributed by atoms with Crippen LogP contribution < -0.4 is 10.2 Å². The number of amides is 2. The summed E-state index contributed by atoms with van der Waals surface area (Å²) < 4.78 is 0. The van der Waals surface area contributed by atoms with Gasteiger partial charge in [0.05, 0.1) is 17.5 Å². The van der Waals surface area contributed by atoms with Crippen LogP contribution in [0.2, 0.25) is 0 Å². The number of nitrogens with zero attached hydrogens (tertiary/aromatic N) is 3. The molecule has 0 radical (unpaired) electrons. The summed E-state index contributed by atoms with van der Waals surface area (Å²) >= 11 is 0. The number of nitrogens with one attached hydrogen (secondary N) is 1. The minimum atomic E-state index is -0.550. The second-order valence-corrected chi connectivity index (χ2v) is 6.96. The van der Waals surface area contributed by atoms with Crippen LogP contribution in [0.5, 0.6) is 0 Å².